The van der Waals surface area contributed by atoms with Crippen molar-refractivity contribution in [1.82, 2.24) is 10.2 Å². The van der Waals surface area contributed by atoms with Crippen molar-refractivity contribution in [1.29, 1.82) is 0 Å². The van der Waals surface area contributed by atoms with Gasteiger partial charge in [-0.2, -0.15) is 0 Å². The summed E-state index contributed by atoms with van der Waals surface area (Å²) >= 11 is 0. The van der Waals surface area contributed by atoms with Crippen LogP contribution in [0.25, 0.3) is 0 Å². The van der Waals surface area contributed by atoms with E-state index in [1.807, 2.05) is 29.2 Å². The molecule has 1 aromatic rings. The maximum atomic E-state index is 12.1. The Bertz CT molecular complexity index is 543. The van der Waals surface area contributed by atoms with Crippen molar-refractivity contribution >= 4 is 5.91 Å². The third-order valence-electron chi connectivity index (χ3n) is 5.12. The number of rotatable bonds is 7. The van der Waals surface area contributed by atoms with Crippen LogP contribution in [-0.4, -0.2) is 48.3 Å². The van der Waals surface area contributed by atoms with Gasteiger partial charge in [0.1, 0.15) is 5.75 Å². The highest BCUT2D eigenvalue weighted by Crippen LogP contribution is 2.25. The molecule has 0 radical (unpaired) electrons. The molecule has 132 valence electrons. The summed E-state index contributed by atoms with van der Waals surface area (Å²) in [6, 6.07) is 7.85. The van der Waals surface area contributed by atoms with Gasteiger partial charge in [0.2, 0.25) is 0 Å². The van der Waals surface area contributed by atoms with Crippen molar-refractivity contribution in [2.45, 2.75) is 44.8 Å². The molecule has 1 heterocycles. The second-order valence-corrected chi connectivity index (χ2v) is 6.87. The molecule has 1 saturated heterocycles. The molecule has 0 aromatic heterocycles. The maximum absolute atomic E-state index is 12.1. The van der Waals surface area contributed by atoms with Crippen LogP contribution in [0.4, 0.5) is 0 Å². The van der Waals surface area contributed by atoms with Gasteiger partial charge in [-0.1, -0.05) is 24.6 Å². The lowest BCUT2D eigenvalue weighted by atomic mass is 10.1. The summed E-state index contributed by atoms with van der Waals surface area (Å²) in [5.74, 6) is 1.20. The zero-order chi connectivity index (χ0) is 16.8. The van der Waals surface area contributed by atoms with Crippen LogP contribution < -0.4 is 10.1 Å². The minimum absolute atomic E-state index is 0.0735. The molecule has 1 aromatic carbocycles. The van der Waals surface area contributed by atoms with Gasteiger partial charge in [0.25, 0.3) is 5.91 Å². The predicted molar refractivity (Wildman–Crippen MR) is 92.8 cm³/mol. The van der Waals surface area contributed by atoms with Crippen LogP contribution in [0.3, 0.4) is 0 Å². The number of para-hydroxylation sites is 1. The van der Waals surface area contributed by atoms with Gasteiger partial charge in [-0.3, -0.25) is 4.79 Å². The molecule has 1 saturated carbocycles. The number of hydrogen-bond acceptors (Lipinski definition) is 4. The first-order valence-corrected chi connectivity index (χ1v) is 9.11. The maximum Gasteiger partial charge on any atom is 0.260 e. The number of carbonyl (C=O) groups is 1. The molecular formula is C19H28N2O3. The van der Waals surface area contributed by atoms with Crippen molar-refractivity contribution in [2.75, 3.05) is 26.2 Å². The number of nitrogens with one attached hydrogen (secondary N) is 1. The molecule has 5 nitrogen and oxygen atoms in total. The Morgan fingerprint density at radius 3 is 2.75 bits per heavy atom. The van der Waals surface area contributed by atoms with E-state index in [0.717, 1.165) is 63.1 Å². The van der Waals surface area contributed by atoms with Crippen LogP contribution in [0.5, 0.6) is 5.75 Å². The summed E-state index contributed by atoms with van der Waals surface area (Å²) in [7, 11) is 0. The summed E-state index contributed by atoms with van der Waals surface area (Å²) in [5.41, 5.74) is 1.05. The van der Waals surface area contributed by atoms with Gasteiger partial charge < -0.3 is 20.1 Å². The Balaban J connectivity index is 1.48. The molecule has 0 bridgehead atoms. The highest BCUT2D eigenvalue weighted by Gasteiger charge is 2.24. The Labute approximate surface area is 144 Å². The van der Waals surface area contributed by atoms with Crippen LogP contribution in [0.2, 0.25) is 0 Å². The second kappa shape index (κ2) is 8.49. The van der Waals surface area contributed by atoms with Crippen LogP contribution >= 0.6 is 0 Å². The quantitative estimate of drug-likeness (QED) is 0.801. The molecule has 1 aliphatic heterocycles. The summed E-state index contributed by atoms with van der Waals surface area (Å²) in [6.45, 7) is 3.34. The Kier molecular flexibility index (Phi) is 6.10. The largest absolute Gasteiger partial charge is 0.483 e. The van der Waals surface area contributed by atoms with Gasteiger partial charge in [-0.15, -0.1) is 0 Å². The fourth-order valence-electron chi connectivity index (χ4n) is 3.64. The lowest BCUT2D eigenvalue weighted by molar-refractivity contribution is -0.132. The second-order valence-electron chi connectivity index (χ2n) is 6.87. The highest BCUT2D eigenvalue weighted by atomic mass is 16.5. The lowest BCUT2D eigenvalue weighted by Gasteiger charge is -2.18. The molecule has 24 heavy (non-hydrogen) atoms. The normalized spacial score (nSPS) is 23.6. The first-order valence-electron chi connectivity index (χ1n) is 9.11. The standard InChI is InChI=1S/C19H28N2O3/c22-17-8-5-7-15(17)12-20-13-16-6-1-2-9-18(16)24-14-19(23)21-10-3-4-11-21/h1-2,6,9,15,17,20,22H,3-5,7-8,10-14H2. The number of aliphatic hydroxyl groups is 1. The fraction of sp³-hybridized carbons (Fsp3) is 0.632. The molecule has 2 aliphatic rings. The van der Waals surface area contributed by atoms with Crippen LogP contribution in [0, 0.1) is 5.92 Å². The number of aliphatic hydroxyl groups excluding tert-OH is 1. The minimum atomic E-state index is -0.165. The van der Waals surface area contributed by atoms with E-state index in [1.54, 1.807) is 0 Å². The van der Waals surface area contributed by atoms with E-state index < -0.39 is 0 Å². The number of carbonyl (C=O) groups excluding carboxylic acids is 1. The van der Waals surface area contributed by atoms with Crippen molar-refractivity contribution in [3.05, 3.63) is 29.8 Å². The highest BCUT2D eigenvalue weighted by molar-refractivity contribution is 5.78. The van der Waals surface area contributed by atoms with Gasteiger partial charge in [0.05, 0.1) is 6.10 Å². The zero-order valence-corrected chi connectivity index (χ0v) is 14.2. The number of ether oxygens (including phenoxy) is 1. The number of amides is 1. The molecule has 5 heteroatoms. The third-order valence-corrected chi connectivity index (χ3v) is 5.12. The number of nitrogens with zero attached hydrogens (tertiary/aromatic N) is 1. The predicted octanol–water partition coefficient (Wildman–Crippen LogP) is 1.94. The van der Waals surface area contributed by atoms with E-state index in [4.69, 9.17) is 4.74 Å². The SMILES string of the molecule is O=C(COc1ccccc1CNCC1CCCC1O)N1CCCC1. The van der Waals surface area contributed by atoms with Crippen molar-refractivity contribution in [3.63, 3.8) is 0 Å². The lowest BCUT2D eigenvalue weighted by Crippen LogP contribution is -2.32. The zero-order valence-electron chi connectivity index (χ0n) is 14.2. The molecular weight excluding hydrogens is 304 g/mol. The summed E-state index contributed by atoms with van der Waals surface area (Å²) in [5, 5.41) is 13.3. The molecule has 2 atom stereocenters. The minimum Gasteiger partial charge on any atom is -0.483 e. The van der Waals surface area contributed by atoms with E-state index in [9.17, 15) is 9.90 Å². The first-order chi connectivity index (χ1) is 11.7. The van der Waals surface area contributed by atoms with Crippen LogP contribution in [0.15, 0.2) is 24.3 Å². The van der Waals surface area contributed by atoms with Gasteiger partial charge in [0, 0.05) is 31.7 Å². The number of benzene rings is 1. The van der Waals surface area contributed by atoms with E-state index >= 15 is 0 Å². The fourth-order valence-corrected chi connectivity index (χ4v) is 3.64. The third kappa shape index (κ3) is 4.48. The van der Waals surface area contributed by atoms with E-state index in [1.165, 1.54) is 0 Å². The monoisotopic (exact) mass is 332 g/mol. The average Bonchev–Trinajstić information content (AvgIpc) is 3.26. The molecule has 3 rings (SSSR count). The van der Waals surface area contributed by atoms with Crippen LogP contribution in [-0.2, 0) is 11.3 Å². The Morgan fingerprint density at radius 1 is 1.21 bits per heavy atom. The molecule has 0 spiro atoms. The summed E-state index contributed by atoms with van der Waals surface area (Å²) < 4.78 is 5.77. The van der Waals surface area contributed by atoms with E-state index in [2.05, 4.69) is 5.32 Å². The van der Waals surface area contributed by atoms with E-state index in [-0.39, 0.29) is 18.6 Å². The van der Waals surface area contributed by atoms with Gasteiger partial charge in [0.15, 0.2) is 6.61 Å². The molecule has 2 fully saturated rings. The summed E-state index contributed by atoms with van der Waals surface area (Å²) in [4.78, 5) is 14.0. The van der Waals surface area contributed by atoms with E-state index in [0.29, 0.717) is 12.5 Å². The molecule has 2 N–H and O–H groups in total. The van der Waals surface area contributed by atoms with Gasteiger partial charge in [-0.05, 0) is 37.7 Å². The Morgan fingerprint density at radius 2 is 2.00 bits per heavy atom. The van der Waals surface area contributed by atoms with Crippen molar-refractivity contribution in [2.24, 2.45) is 5.92 Å². The smallest absolute Gasteiger partial charge is 0.260 e. The van der Waals surface area contributed by atoms with Crippen molar-refractivity contribution < 1.29 is 14.6 Å². The molecule has 2 unspecified atom stereocenters. The average molecular weight is 332 g/mol. The number of hydrogen-bond donors (Lipinski definition) is 2. The van der Waals surface area contributed by atoms with Crippen molar-refractivity contribution in [3.8, 4) is 5.75 Å². The van der Waals surface area contributed by atoms with Gasteiger partial charge >= 0.3 is 0 Å². The molecule has 1 amide bonds. The summed E-state index contributed by atoms with van der Waals surface area (Å²) in [6.07, 6.45) is 5.16. The first kappa shape index (κ1) is 17.2. The van der Waals surface area contributed by atoms with Crippen LogP contribution in [0.1, 0.15) is 37.7 Å². The number of likely N-dealkylation sites (tertiary alicyclic amines) is 1. The van der Waals surface area contributed by atoms with Gasteiger partial charge in [-0.25, -0.2) is 0 Å². The Hall–Kier alpha value is -1.59. The topological polar surface area (TPSA) is 61.8 Å². The molecule has 1 aliphatic carbocycles.